The van der Waals surface area contributed by atoms with Crippen LogP contribution in [0, 0.1) is 0 Å². The van der Waals surface area contributed by atoms with E-state index in [1.807, 2.05) is 0 Å². The first-order valence-corrected chi connectivity index (χ1v) is 8.27. The molecule has 0 bridgehead atoms. The molecule has 1 saturated heterocycles. The number of piperidine rings is 1. The number of rotatable bonds is 4. The van der Waals surface area contributed by atoms with Gasteiger partial charge >= 0.3 is 0 Å². The van der Waals surface area contributed by atoms with Gasteiger partial charge in [-0.1, -0.05) is 61.7 Å². The lowest BCUT2D eigenvalue weighted by molar-refractivity contribution is 0.236. The van der Waals surface area contributed by atoms with E-state index in [1.165, 1.54) is 69.2 Å². The van der Waals surface area contributed by atoms with Crippen LogP contribution in [-0.2, 0) is 5.41 Å². The summed E-state index contributed by atoms with van der Waals surface area (Å²) in [5, 5.41) is 0. The summed E-state index contributed by atoms with van der Waals surface area (Å²) in [5.74, 6) is 0. The molecule has 1 aromatic carbocycles. The van der Waals surface area contributed by atoms with E-state index < -0.39 is 0 Å². The maximum absolute atomic E-state index is 4.54. The third-order valence-corrected chi connectivity index (χ3v) is 5.32. The summed E-state index contributed by atoms with van der Waals surface area (Å²) in [7, 11) is 0. The van der Waals surface area contributed by atoms with E-state index in [9.17, 15) is 0 Å². The minimum absolute atomic E-state index is 0.263. The van der Waals surface area contributed by atoms with Crippen LogP contribution in [0.1, 0.15) is 50.5 Å². The smallest absolute Gasteiger partial charge is 0.0199 e. The fourth-order valence-corrected chi connectivity index (χ4v) is 4.12. The van der Waals surface area contributed by atoms with Gasteiger partial charge in [-0.2, -0.15) is 0 Å². The Morgan fingerprint density at radius 1 is 0.950 bits per heavy atom. The van der Waals surface area contributed by atoms with E-state index in [1.54, 1.807) is 0 Å². The van der Waals surface area contributed by atoms with Gasteiger partial charge in [0.15, 0.2) is 0 Å². The van der Waals surface area contributed by atoms with E-state index in [2.05, 4.69) is 41.8 Å². The minimum Gasteiger partial charge on any atom is -0.299 e. The molecule has 0 spiro atoms. The first-order chi connectivity index (χ1) is 9.81. The van der Waals surface area contributed by atoms with Crippen molar-refractivity contribution in [1.29, 1.82) is 0 Å². The van der Waals surface area contributed by atoms with Gasteiger partial charge in [0.1, 0.15) is 0 Å². The molecule has 2 aliphatic rings. The summed E-state index contributed by atoms with van der Waals surface area (Å²) >= 11 is 0. The number of benzene rings is 1. The van der Waals surface area contributed by atoms with Crippen LogP contribution in [0.3, 0.4) is 0 Å². The maximum Gasteiger partial charge on any atom is 0.0199 e. The van der Waals surface area contributed by atoms with Crippen LogP contribution in [-0.4, -0.2) is 24.5 Å². The van der Waals surface area contributed by atoms with Crippen molar-refractivity contribution in [3.63, 3.8) is 0 Å². The lowest BCUT2D eigenvalue weighted by Gasteiger charge is -2.36. The number of likely N-dealkylation sites (tertiary alicyclic amines) is 1. The molecule has 1 aliphatic heterocycles. The zero-order chi connectivity index (χ0) is 13.8. The molecular weight excluding hydrogens is 242 g/mol. The molecule has 1 aromatic rings. The van der Waals surface area contributed by atoms with Gasteiger partial charge in [-0.05, 0) is 44.3 Å². The Hall–Kier alpha value is -1.08. The summed E-state index contributed by atoms with van der Waals surface area (Å²) in [6.07, 6.45) is 9.44. The molecule has 0 unspecified atom stereocenters. The third kappa shape index (κ3) is 2.69. The number of hydrogen-bond donors (Lipinski definition) is 0. The fraction of sp³-hybridized carbons (Fsp3) is 0.579. The van der Waals surface area contributed by atoms with Crippen LogP contribution in [0.4, 0.5) is 0 Å². The first-order valence-electron chi connectivity index (χ1n) is 8.27. The third-order valence-electron chi connectivity index (χ3n) is 5.32. The molecule has 1 aliphatic carbocycles. The Morgan fingerprint density at radius 3 is 2.25 bits per heavy atom. The molecule has 0 aromatic heterocycles. The van der Waals surface area contributed by atoms with Crippen LogP contribution in [0.5, 0.6) is 0 Å². The highest BCUT2D eigenvalue weighted by Crippen LogP contribution is 2.46. The van der Waals surface area contributed by atoms with Crippen molar-refractivity contribution in [2.45, 2.75) is 50.4 Å². The molecule has 3 rings (SSSR count). The van der Waals surface area contributed by atoms with Crippen LogP contribution in [0.25, 0.3) is 0 Å². The van der Waals surface area contributed by atoms with Crippen molar-refractivity contribution in [2.24, 2.45) is 0 Å². The van der Waals surface area contributed by atoms with Gasteiger partial charge in [0.05, 0.1) is 0 Å². The highest BCUT2D eigenvalue weighted by molar-refractivity contribution is 5.37. The van der Waals surface area contributed by atoms with Crippen LogP contribution in [0.2, 0.25) is 0 Å². The summed E-state index contributed by atoms with van der Waals surface area (Å²) in [6, 6.07) is 11.1. The minimum atomic E-state index is 0.263. The van der Waals surface area contributed by atoms with Crippen molar-refractivity contribution in [1.82, 2.24) is 4.90 Å². The van der Waals surface area contributed by atoms with Crippen molar-refractivity contribution < 1.29 is 0 Å². The monoisotopic (exact) mass is 269 g/mol. The van der Waals surface area contributed by atoms with E-state index in [-0.39, 0.29) is 5.41 Å². The van der Waals surface area contributed by atoms with E-state index in [4.69, 9.17) is 0 Å². The zero-order valence-electron chi connectivity index (χ0n) is 12.6. The topological polar surface area (TPSA) is 3.24 Å². The van der Waals surface area contributed by atoms with Gasteiger partial charge in [-0.15, -0.1) is 0 Å². The van der Waals surface area contributed by atoms with Gasteiger partial charge in [0, 0.05) is 12.0 Å². The Morgan fingerprint density at radius 2 is 1.60 bits per heavy atom. The first kappa shape index (κ1) is 13.9. The molecule has 1 saturated carbocycles. The Bertz CT molecular complexity index is 436. The van der Waals surface area contributed by atoms with E-state index in [0.29, 0.717) is 0 Å². The quantitative estimate of drug-likeness (QED) is 0.725. The Balaban J connectivity index is 1.78. The molecule has 1 heteroatoms. The predicted molar refractivity (Wildman–Crippen MR) is 86.0 cm³/mol. The summed E-state index contributed by atoms with van der Waals surface area (Å²) in [4.78, 5) is 2.62. The van der Waals surface area contributed by atoms with Crippen molar-refractivity contribution in [3.8, 4) is 0 Å². The average Bonchev–Trinajstić information content (AvgIpc) is 3.00. The number of hydrogen-bond acceptors (Lipinski definition) is 1. The summed E-state index contributed by atoms with van der Waals surface area (Å²) < 4.78 is 0. The van der Waals surface area contributed by atoms with E-state index in [0.717, 1.165) is 6.54 Å². The largest absolute Gasteiger partial charge is 0.299 e. The van der Waals surface area contributed by atoms with Crippen LogP contribution < -0.4 is 0 Å². The van der Waals surface area contributed by atoms with Crippen LogP contribution >= 0.6 is 0 Å². The second-order valence-electron chi connectivity index (χ2n) is 6.60. The van der Waals surface area contributed by atoms with Gasteiger partial charge in [-0.25, -0.2) is 0 Å². The normalized spacial score (nSPS) is 22.8. The molecular formula is C19H27N. The van der Waals surface area contributed by atoms with Crippen LogP contribution in [0.15, 0.2) is 42.5 Å². The van der Waals surface area contributed by atoms with Crippen molar-refractivity contribution in [3.05, 3.63) is 48.0 Å². The summed E-state index contributed by atoms with van der Waals surface area (Å²) in [5.41, 5.74) is 3.22. The lowest BCUT2D eigenvalue weighted by Crippen LogP contribution is -2.36. The maximum atomic E-state index is 4.54. The van der Waals surface area contributed by atoms with Gasteiger partial charge in [0.25, 0.3) is 0 Å². The highest BCUT2D eigenvalue weighted by atomic mass is 15.1. The summed E-state index contributed by atoms with van der Waals surface area (Å²) in [6.45, 7) is 8.18. The molecule has 20 heavy (non-hydrogen) atoms. The molecule has 108 valence electrons. The van der Waals surface area contributed by atoms with Gasteiger partial charge < -0.3 is 0 Å². The molecule has 1 nitrogen and oxygen atoms in total. The van der Waals surface area contributed by atoms with E-state index >= 15 is 0 Å². The van der Waals surface area contributed by atoms with Gasteiger partial charge in [0.2, 0.25) is 0 Å². The highest BCUT2D eigenvalue weighted by Gasteiger charge is 2.38. The standard InChI is InChI=1S/C19H27N/c1-17(16-20-14-8-3-9-15-20)19(12-6-7-13-19)18-10-4-2-5-11-18/h2,4-5,10-11H,1,3,6-9,12-16H2. The second-order valence-corrected chi connectivity index (χ2v) is 6.60. The predicted octanol–water partition coefficient (Wildman–Crippen LogP) is 4.54. The van der Waals surface area contributed by atoms with Gasteiger partial charge in [-0.3, -0.25) is 4.90 Å². The Kier molecular flexibility index (Phi) is 4.26. The molecule has 0 amide bonds. The molecule has 1 heterocycles. The van der Waals surface area contributed by atoms with Crippen molar-refractivity contribution >= 4 is 0 Å². The molecule has 0 N–H and O–H groups in total. The number of nitrogens with zero attached hydrogens (tertiary/aromatic N) is 1. The average molecular weight is 269 g/mol. The molecule has 0 atom stereocenters. The fourth-order valence-electron chi connectivity index (χ4n) is 4.12. The molecule has 2 fully saturated rings. The zero-order valence-corrected chi connectivity index (χ0v) is 12.6. The SMILES string of the molecule is C=C(CN1CCCCC1)C1(c2ccccc2)CCCC1. The van der Waals surface area contributed by atoms with Crippen molar-refractivity contribution in [2.75, 3.05) is 19.6 Å². The second kappa shape index (κ2) is 6.13. The molecule has 0 radical (unpaired) electrons. The Labute approximate surface area is 123 Å². The lowest BCUT2D eigenvalue weighted by atomic mass is 9.73.